The number of halogens is 1. The Morgan fingerprint density at radius 3 is 0.963 bits per heavy atom. The molecule has 0 radical (unpaired) electrons. The van der Waals surface area contributed by atoms with Gasteiger partial charge in [0.25, 0.3) is 60.7 Å². The van der Waals surface area contributed by atoms with Gasteiger partial charge in [0.2, 0.25) is 0 Å². The summed E-state index contributed by atoms with van der Waals surface area (Å²) in [5.41, 5.74) is 5.22. The van der Waals surface area contributed by atoms with Crippen LogP contribution in [0, 0.1) is 5.41 Å². The Balaban J connectivity index is 0.000000340. The van der Waals surface area contributed by atoms with Crippen molar-refractivity contribution in [2.24, 2.45) is 5.41 Å². The van der Waals surface area contributed by atoms with E-state index in [9.17, 15) is 64.9 Å². The molecule has 0 spiro atoms. The van der Waals surface area contributed by atoms with Gasteiger partial charge >= 0.3 is 5.97 Å². The van der Waals surface area contributed by atoms with Crippen LogP contribution in [0.5, 0.6) is 0 Å². The first-order valence-electron chi connectivity index (χ1n) is 46.0. The summed E-state index contributed by atoms with van der Waals surface area (Å²) in [5.74, 6) is 0.771. The average molecular weight is 2010 g/mol. The predicted molar refractivity (Wildman–Crippen MR) is 534 cm³/mol. The minimum atomic E-state index is -4.11. The van der Waals surface area contributed by atoms with Gasteiger partial charge in [-0.15, -0.1) is 11.6 Å². The summed E-state index contributed by atoms with van der Waals surface area (Å²) in [6.07, 6.45) is 4.87. The van der Waals surface area contributed by atoms with E-state index in [4.69, 9.17) is 50.9 Å². The molecule has 24 nitrogen and oxygen atoms in total. The highest BCUT2D eigenvalue weighted by molar-refractivity contribution is 7.88. The lowest BCUT2D eigenvalue weighted by molar-refractivity contribution is -0.170. The first-order valence-corrected chi connectivity index (χ1v) is 55.0. The van der Waals surface area contributed by atoms with E-state index in [-0.39, 0.29) is 65.8 Å². The second kappa shape index (κ2) is 54.7. The minimum Gasteiger partial charge on any atom is -0.459 e. The molecule has 10 unspecified atom stereocenters. The highest BCUT2D eigenvalue weighted by Crippen LogP contribution is 2.36. The first-order chi connectivity index (χ1) is 62.9. The van der Waals surface area contributed by atoms with Gasteiger partial charge < -0.3 is 14.2 Å². The number of Topliss-reactive ketones (excluding diaryl/α,β-unsaturated/α-hetero) is 2. The summed E-state index contributed by atoms with van der Waals surface area (Å²) >= 11 is 6.09. The molecular formula is C104H147ClO24S6. The zero-order valence-corrected chi connectivity index (χ0v) is 89.1. The molecule has 10 atom stereocenters. The lowest BCUT2D eigenvalue weighted by Gasteiger charge is -2.33. The second-order valence-corrected chi connectivity index (χ2v) is 46.4. The number of carbonyl (C=O) groups excluding carboxylic acids is 3. The van der Waals surface area contributed by atoms with Crippen LogP contribution < -0.4 is 0 Å². The number of benzene rings is 8. The molecule has 1 saturated heterocycles. The van der Waals surface area contributed by atoms with Crippen LogP contribution in [-0.2, 0) is 125 Å². The van der Waals surface area contributed by atoms with E-state index in [1.807, 2.05) is 137 Å². The molecule has 0 bridgehead atoms. The van der Waals surface area contributed by atoms with E-state index in [0.29, 0.717) is 61.6 Å². The third-order valence-electron chi connectivity index (χ3n) is 24.0. The van der Waals surface area contributed by atoms with Crippen molar-refractivity contribution >= 4 is 89.8 Å². The van der Waals surface area contributed by atoms with Gasteiger partial charge in [0.15, 0.2) is 5.78 Å². The van der Waals surface area contributed by atoms with Crippen molar-refractivity contribution in [3.63, 3.8) is 0 Å². The van der Waals surface area contributed by atoms with Gasteiger partial charge in [-0.25, -0.2) is 0 Å². The molecular weight excluding hydrogens is 1860 g/mol. The molecule has 0 saturated carbocycles. The van der Waals surface area contributed by atoms with Crippen LogP contribution in [0.3, 0.4) is 0 Å². The van der Waals surface area contributed by atoms with Crippen LogP contribution in [0.1, 0.15) is 298 Å². The second-order valence-electron chi connectivity index (χ2n) is 36.6. The largest absolute Gasteiger partial charge is 0.459 e. The Kier molecular flexibility index (Phi) is 48.4. The van der Waals surface area contributed by atoms with Gasteiger partial charge in [0.1, 0.15) is 22.9 Å². The maximum atomic E-state index is 12.7. The Labute approximate surface area is 813 Å². The standard InChI is InChI=1S/C21H27ClO3S.C20H30O6S.C20H26O3S.C15H22O4S.C14H22O4S.C14H20O4S/c1-5-16(2)17-11-13-19(14-12-17)26(23,24)25-20(15-22)21(3,4)18-9-7-6-8-10-18;1-8-14(2)16-9-11-17(12-10-16)27(23,24)25-13-20(7,15(3)21)18(22)26-19(4,5)6;1-5-16(2)17-11-13-19(14-12-17)24(21,22)23-15-20(3,4)18-9-7-6-8-10-18;1-3-12(2)13-4-6-15(7-5-13)20(16,17)19-14-8-10-18-11-9-14;1-5-11(2)13-6-8-14(9-7-13)19(15,16)18-12(3)10-17-4;1-5-10(2)13-6-8-14(9-7-13)19(16,17)18-12(4)11(3)15/h6-14,16,20H,5,15H2,1-4H3;9-12,14H,8,13H2,1-7H3;6-14,16H,5,15H2,1-4H3;4-7,12,14H,3,8-11H2,1-2H3;6-9,11-12H,5,10H2,1-4H3;6-10,12H,5H2,1-4H3. The Bertz CT molecular complexity index is 5660. The van der Waals surface area contributed by atoms with Crippen LogP contribution in [0.15, 0.2) is 236 Å². The number of ether oxygens (including phenoxy) is 3. The summed E-state index contributed by atoms with van der Waals surface area (Å²) in [4.78, 5) is 36.3. The molecule has 1 fully saturated rings. The molecule has 0 aliphatic carbocycles. The summed E-state index contributed by atoms with van der Waals surface area (Å²) in [7, 11) is -21.5. The summed E-state index contributed by atoms with van der Waals surface area (Å²) < 4.78 is 194. The first kappa shape index (κ1) is 120. The van der Waals surface area contributed by atoms with Gasteiger partial charge in [0.05, 0.1) is 73.4 Å². The fourth-order valence-electron chi connectivity index (χ4n) is 12.9. The van der Waals surface area contributed by atoms with E-state index < -0.39 is 114 Å². The van der Waals surface area contributed by atoms with Crippen LogP contribution >= 0.6 is 11.6 Å². The number of rotatable bonds is 41. The summed E-state index contributed by atoms with van der Waals surface area (Å²) in [5, 5.41) is 0. The number of ketones is 2. The van der Waals surface area contributed by atoms with Crippen LogP contribution in [-0.4, -0.2) is 144 Å². The number of hydrogen-bond acceptors (Lipinski definition) is 24. The maximum absolute atomic E-state index is 12.7. The molecule has 135 heavy (non-hydrogen) atoms. The zero-order valence-electron chi connectivity index (χ0n) is 83.4. The summed E-state index contributed by atoms with van der Waals surface area (Å²) in [6.45, 7) is 45.8. The van der Waals surface area contributed by atoms with Gasteiger partial charge in [0, 0.05) is 31.2 Å². The molecule has 9 rings (SSSR count). The van der Waals surface area contributed by atoms with Gasteiger partial charge in [-0.3, -0.25) is 39.5 Å². The van der Waals surface area contributed by atoms with Crippen molar-refractivity contribution < 1.29 is 104 Å². The van der Waals surface area contributed by atoms with Crippen molar-refractivity contribution in [2.75, 3.05) is 46.0 Å². The van der Waals surface area contributed by atoms with Crippen LogP contribution in [0.25, 0.3) is 0 Å². The van der Waals surface area contributed by atoms with Gasteiger partial charge in [-0.2, -0.15) is 50.5 Å². The van der Waals surface area contributed by atoms with Crippen molar-refractivity contribution in [3.05, 3.63) is 251 Å². The maximum Gasteiger partial charge on any atom is 0.322 e. The molecule has 31 heteroatoms. The monoisotopic (exact) mass is 2010 g/mol. The van der Waals surface area contributed by atoms with Crippen LogP contribution in [0.4, 0.5) is 0 Å². The fourth-order valence-corrected chi connectivity index (χ4v) is 19.9. The van der Waals surface area contributed by atoms with Crippen molar-refractivity contribution in [1.82, 2.24) is 0 Å². The Hall–Kier alpha value is -7.76. The quantitative estimate of drug-likeness (QED) is 0.0149. The lowest BCUT2D eigenvalue weighted by Crippen LogP contribution is -2.44. The van der Waals surface area contributed by atoms with E-state index in [0.717, 1.165) is 83.0 Å². The van der Waals surface area contributed by atoms with Crippen molar-refractivity contribution in [3.8, 4) is 0 Å². The zero-order chi connectivity index (χ0) is 102. The number of esters is 1. The molecule has 1 heterocycles. The summed E-state index contributed by atoms with van der Waals surface area (Å²) in [6, 6.07) is 60.3. The average Bonchev–Trinajstić information content (AvgIpc) is 0.791. The van der Waals surface area contributed by atoms with E-state index >= 15 is 0 Å². The predicted octanol–water partition coefficient (Wildman–Crippen LogP) is 23.1. The van der Waals surface area contributed by atoms with Crippen molar-refractivity contribution in [2.45, 2.75) is 323 Å². The van der Waals surface area contributed by atoms with Gasteiger partial charge in [-0.1, -0.05) is 244 Å². The Morgan fingerprint density at radius 1 is 0.385 bits per heavy atom. The third-order valence-corrected chi connectivity index (χ3v) is 32.4. The topological polar surface area (TPSA) is 339 Å². The normalized spacial score (nSPS) is 15.5. The van der Waals surface area contributed by atoms with Crippen molar-refractivity contribution in [1.29, 1.82) is 0 Å². The SMILES string of the molecule is CCC(C)c1ccc(S(=O)(=O)OC(C)C(C)=O)cc1.CCC(C)c1ccc(S(=O)(=O)OC(C)COC)cc1.CCC(C)c1ccc(S(=O)(=O)OC(CCl)C(C)(C)c2ccccc2)cc1.CCC(C)c1ccc(S(=O)(=O)OC2CCOCC2)cc1.CCC(C)c1ccc(S(=O)(=O)OCC(C)(C(C)=O)C(=O)OC(C)(C)C)cc1.CCC(C)c1ccc(S(=O)(=O)OCC(C)(C)c2ccccc2)cc1. The highest BCUT2D eigenvalue weighted by Gasteiger charge is 2.44. The molecule has 8 aromatic carbocycles. The number of methoxy groups -OCH3 is 1. The minimum absolute atomic E-state index is 0.0235. The molecule has 0 N–H and O–H groups in total. The molecule has 1 aliphatic rings. The van der Waals surface area contributed by atoms with Gasteiger partial charge in [-0.05, 0) is 260 Å². The smallest absolute Gasteiger partial charge is 0.322 e. The van der Waals surface area contributed by atoms with Crippen LogP contribution in [0.2, 0.25) is 0 Å². The van der Waals surface area contributed by atoms with E-state index in [2.05, 4.69) is 83.1 Å². The highest BCUT2D eigenvalue weighted by atomic mass is 35.5. The third kappa shape index (κ3) is 38.1. The molecule has 8 aromatic rings. The van der Waals surface area contributed by atoms with E-state index in [1.54, 1.807) is 100 Å². The fraction of sp³-hybridized carbons (Fsp3) is 0.510. The lowest BCUT2D eigenvalue weighted by atomic mass is 9.80. The Morgan fingerprint density at radius 2 is 0.674 bits per heavy atom. The molecule has 750 valence electrons. The molecule has 0 aromatic heterocycles. The molecule has 0 amide bonds. The number of alkyl halides is 1. The number of carbonyl (C=O) groups is 3. The van der Waals surface area contributed by atoms with E-state index in [1.165, 1.54) is 59.1 Å². The number of hydrogen-bond donors (Lipinski definition) is 0. The molecule has 1 aliphatic heterocycles.